The second-order valence-electron chi connectivity index (χ2n) is 4.83. The Bertz CT molecular complexity index is 670. The number of ether oxygens (including phenoxy) is 1. The number of hydrogen-bond acceptors (Lipinski definition) is 2. The molecular formula is C18H18FNO2. The molecule has 1 amide bonds. The van der Waals surface area contributed by atoms with Crippen molar-refractivity contribution < 1.29 is 13.9 Å². The molecule has 0 fully saturated rings. The minimum atomic E-state index is -0.745. The molecule has 0 bridgehead atoms. The fraction of sp³-hybridized carbons (Fsp3) is 0.167. The van der Waals surface area contributed by atoms with E-state index in [4.69, 9.17) is 4.74 Å². The predicted octanol–water partition coefficient (Wildman–Crippen LogP) is 3.96. The van der Waals surface area contributed by atoms with Crippen molar-refractivity contribution in [2.45, 2.75) is 19.4 Å². The third-order valence-corrected chi connectivity index (χ3v) is 3.14. The standard InChI is InChI=1S/C18H18FNO2/c1-3-8-14-9-4-7-12-17(14)22-13(2)18(21)20-16-11-6-5-10-15(16)19/h3-7,9-13H,1,8H2,2H3,(H,20,21)/t13-/m0/s1. The molecule has 114 valence electrons. The Hall–Kier alpha value is -2.62. The molecule has 22 heavy (non-hydrogen) atoms. The molecule has 0 aromatic heterocycles. The van der Waals surface area contributed by atoms with E-state index in [9.17, 15) is 9.18 Å². The summed E-state index contributed by atoms with van der Waals surface area (Å²) < 4.78 is 19.2. The normalized spacial score (nSPS) is 11.5. The van der Waals surface area contributed by atoms with Crippen molar-refractivity contribution >= 4 is 11.6 Å². The lowest BCUT2D eigenvalue weighted by atomic mass is 10.1. The molecule has 0 unspecified atom stereocenters. The third kappa shape index (κ3) is 3.95. The van der Waals surface area contributed by atoms with Crippen LogP contribution in [0.15, 0.2) is 61.2 Å². The summed E-state index contributed by atoms with van der Waals surface area (Å²) in [7, 11) is 0. The molecule has 0 aliphatic heterocycles. The van der Waals surface area contributed by atoms with Gasteiger partial charge >= 0.3 is 0 Å². The molecule has 0 saturated heterocycles. The minimum absolute atomic E-state index is 0.141. The van der Waals surface area contributed by atoms with Gasteiger partial charge in [-0.2, -0.15) is 0 Å². The van der Waals surface area contributed by atoms with Crippen LogP contribution in [-0.4, -0.2) is 12.0 Å². The average molecular weight is 299 g/mol. The van der Waals surface area contributed by atoms with Crippen molar-refractivity contribution in [3.05, 3.63) is 72.6 Å². The zero-order valence-corrected chi connectivity index (χ0v) is 12.4. The van der Waals surface area contributed by atoms with Crippen molar-refractivity contribution in [3.63, 3.8) is 0 Å². The van der Waals surface area contributed by atoms with E-state index < -0.39 is 17.8 Å². The number of anilines is 1. The number of para-hydroxylation sites is 2. The summed E-state index contributed by atoms with van der Waals surface area (Å²) >= 11 is 0. The number of benzene rings is 2. The molecule has 0 aliphatic carbocycles. The van der Waals surface area contributed by atoms with Gasteiger partial charge in [-0.05, 0) is 37.1 Å². The van der Waals surface area contributed by atoms with E-state index >= 15 is 0 Å². The average Bonchev–Trinajstić information content (AvgIpc) is 2.51. The van der Waals surface area contributed by atoms with Crippen LogP contribution >= 0.6 is 0 Å². The summed E-state index contributed by atoms with van der Waals surface area (Å²) in [5.74, 6) is -0.257. The minimum Gasteiger partial charge on any atom is -0.481 e. The van der Waals surface area contributed by atoms with Gasteiger partial charge in [-0.3, -0.25) is 4.79 Å². The van der Waals surface area contributed by atoms with Gasteiger partial charge in [0.25, 0.3) is 5.91 Å². The topological polar surface area (TPSA) is 38.3 Å². The molecule has 0 heterocycles. The molecular weight excluding hydrogens is 281 g/mol. The summed E-state index contributed by atoms with van der Waals surface area (Å²) in [5.41, 5.74) is 1.09. The number of carbonyl (C=O) groups excluding carboxylic acids is 1. The van der Waals surface area contributed by atoms with Crippen molar-refractivity contribution in [2.75, 3.05) is 5.32 Å². The Morgan fingerprint density at radius 1 is 1.27 bits per heavy atom. The van der Waals surface area contributed by atoms with E-state index in [1.807, 2.05) is 18.2 Å². The number of amides is 1. The van der Waals surface area contributed by atoms with E-state index in [1.54, 1.807) is 31.2 Å². The van der Waals surface area contributed by atoms with Crippen molar-refractivity contribution in [1.29, 1.82) is 0 Å². The van der Waals surface area contributed by atoms with Crippen LogP contribution in [0.25, 0.3) is 0 Å². The van der Waals surface area contributed by atoms with Crippen LogP contribution in [0.5, 0.6) is 5.75 Å². The zero-order valence-electron chi connectivity index (χ0n) is 12.4. The number of allylic oxidation sites excluding steroid dienone is 1. The maximum absolute atomic E-state index is 13.5. The van der Waals surface area contributed by atoms with Crippen molar-refractivity contribution in [1.82, 2.24) is 0 Å². The SMILES string of the molecule is C=CCc1ccccc1O[C@@H](C)C(=O)Nc1ccccc1F. The molecule has 3 nitrogen and oxygen atoms in total. The monoisotopic (exact) mass is 299 g/mol. The van der Waals surface area contributed by atoms with E-state index in [0.717, 1.165) is 5.56 Å². The van der Waals surface area contributed by atoms with Gasteiger partial charge in [0, 0.05) is 0 Å². The number of nitrogens with one attached hydrogen (secondary N) is 1. The lowest BCUT2D eigenvalue weighted by molar-refractivity contribution is -0.122. The van der Waals surface area contributed by atoms with E-state index in [-0.39, 0.29) is 5.69 Å². The van der Waals surface area contributed by atoms with Crippen molar-refractivity contribution in [2.24, 2.45) is 0 Å². The largest absolute Gasteiger partial charge is 0.481 e. The Kier molecular flexibility index (Phi) is 5.31. The Balaban J connectivity index is 2.06. The van der Waals surface area contributed by atoms with Crippen LogP contribution < -0.4 is 10.1 Å². The van der Waals surface area contributed by atoms with Gasteiger partial charge in [0.1, 0.15) is 11.6 Å². The van der Waals surface area contributed by atoms with Crippen LogP contribution in [0, 0.1) is 5.82 Å². The number of halogens is 1. The molecule has 0 radical (unpaired) electrons. The second-order valence-corrected chi connectivity index (χ2v) is 4.83. The van der Waals surface area contributed by atoms with Gasteiger partial charge in [-0.1, -0.05) is 36.4 Å². The molecule has 1 N–H and O–H groups in total. The first kappa shape index (κ1) is 15.8. The van der Waals surface area contributed by atoms with Gasteiger partial charge in [0.05, 0.1) is 5.69 Å². The molecule has 1 atom stereocenters. The highest BCUT2D eigenvalue weighted by molar-refractivity contribution is 5.94. The molecule has 2 aromatic carbocycles. The quantitative estimate of drug-likeness (QED) is 0.820. The Labute approximate surface area is 129 Å². The lowest BCUT2D eigenvalue weighted by Gasteiger charge is -2.17. The zero-order chi connectivity index (χ0) is 15.9. The first-order chi connectivity index (χ1) is 10.6. The van der Waals surface area contributed by atoms with E-state index in [1.165, 1.54) is 12.1 Å². The van der Waals surface area contributed by atoms with E-state index in [0.29, 0.717) is 12.2 Å². The van der Waals surface area contributed by atoms with Gasteiger partial charge in [0.2, 0.25) is 0 Å². The van der Waals surface area contributed by atoms with Crippen molar-refractivity contribution in [3.8, 4) is 5.75 Å². The summed E-state index contributed by atoms with van der Waals surface area (Å²) in [6, 6.07) is 13.5. The maximum atomic E-state index is 13.5. The van der Waals surface area contributed by atoms with Crippen LogP contribution in [0.4, 0.5) is 10.1 Å². The van der Waals surface area contributed by atoms with Crippen LogP contribution in [0.1, 0.15) is 12.5 Å². The molecule has 0 saturated carbocycles. The first-order valence-electron chi connectivity index (χ1n) is 7.02. The summed E-state index contributed by atoms with van der Waals surface area (Å²) in [6.07, 6.45) is 1.68. The fourth-order valence-corrected chi connectivity index (χ4v) is 1.98. The Morgan fingerprint density at radius 2 is 1.95 bits per heavy atom. The molecule has 0 aliphatic rings. The highest BCUT2D eigenvalue weighted by Crippen LogP contribution is 2.21. The molecule has 4 heteroatoms. The van der Waals surface area contributed by atoms with Gasteiger partial charge in [0.15, 0.2) is 6.10 Å². The summed E-state index contributed by atoms with van der Waals surface area (Å²) in [4.78, 5) is 12.1. The summed E-state index contributed by atoms with van der Waals surface area (Å²) in [6.45, 7) is 5.33. The second kappa shape index (κ2) is 7.41. The van der Waals surface area contributed by atoms with Gasteiger partial charge in [-0.25, -0.2) is 4.39 Å². The number of rotatable bonds is 6. The van der Waals surface area contributed by atoms with Crippen LogP contribution in [0.2, 0.25) is 0 Å². The summed E-state index contributed by atoms with van der Waals surface area (Å²) in [5, 5.41) is 2.52. The first-order valence-corrected chi connectivity index (χ1v) is 7.02. The molecule has 2 aromatic rings. The smallest absolute Gasteiger partial charge is 0.265 e. The lowest BCUT2D eigenvalue weighted by Crippen LogP contribution is -2.30. The highest BCUT2D eigenvalue weighted by atomic mass is 19.1. The Morgan fingerprint density at radius 3 is 2.68 bits per heavy atom. The third-order valence-electron chi connectivity index (χ3n) is 3.14. The number of hydrogen-bond donors (Lipinski definition) is 1. The van der Waals surface area contributed by atoms with Crippen LogP contribution in [0.3, 0.4) is 0 Å². The van der Waals surface area contributed by atoms with Gasteiger partial charge in [-0.15, -0.1) is 6.58 Å². The molecule has 2 rings (SSSR count). The molecule has 0 spiro atoms. The van der Waals surface area contributed by atoms with E-state index in [2.05, 4.69) is 11.9 Å². The van der Waals surface area contributed by atoms with Gasteiger partial charge < -0.3 is 10.1 Å². The predicted molar refractivity (Wildman–Crippen MR) is 85.5 cm³/mol. The fourth-order valence-electron chi connectivity index (χ4n) is 1.98. The maximum Gasteiger partial charge on any atom is 0.265 e. The highest BCUT2D eigenvalue weighted by Gasteiger charge is 2.17. The van der Waals surface area contributed by atoms with Crippen LogP contribution in [-0.2, 0) is 11.2 Å². The number of carbonyl (C=O) groups is 1.